The van der Waals surface area contributed by atoms with Crippen molar-refractivity contribution in [2.24, 2.45) is 0 Å². The Bertz CT molecular complexity index is 1590. The molecule has 6 rings (SSSR count). The zero-order chi connectivity index (χ0) is 25.9. The van der Waals surface area contributed by atoms with Crippen LogP contribution in [0.5, 0.6) is 0 Å². The van der Waals surface area contributed by atoms with Crippen LogP contribution in [-0.4, -0.2) is 39.9 Å². The topological polar surface area (TPSA) is 109 Å². The molecule has 0 fully saturated rings. The molecule has 4 heterocycles. The van der Waals surface area contributed by atoms with Gasteiger partial charge in [-0.1, -0.05) is 25.5 Å². The molecule has 0 saturated carbocycles. The Kier molecular flexibility index (Phi) is 6.44. The number of H-pyrrole nitrogens is 2. The van der Waals surface area contributed by atoms with Crippen molar-refractivity contribution in [1.29, 1.82) is 0 Å². The first-order valence-electron chi connectivity index (χ1n) is 12.9. The van der Waals surface area contributed by atoms with Gasteiger partial charge in [0, 0.05) is 35.9 Å². The van der Waals surface area contributed by atoms with Gasteiger partial charge in [0.25, 0.3) is 0 Å². The maximum atomic E-state index is 4.98. The Morgan fingerprint density at radius 2 is 1.18 bits per heavy atom. The first-order valence-corrected chi connectivity index (χ1v) is 12.9. The van der Waals surface area contributed by atoms with Gasteiger partial charge in [-0.3, -0.25) is 0 Å². The summed E-state index contributed by atoms with van der Waals surface area (Å²) in [6.07, 6.45) is 12.2. The van der Waals surface area contributed by atoms with E-state index in [2.05, 4.69) is 62.0 Å². The van der Waals surface area contributed by atoms with Crippen LogP contribution in [0, 0.1) is 0 Å². The Balaban J connectivity index is 1.41. The molecule has 8 heteroatoms. The molecule has 2 aromatic carbocycles. The molecule has 0 unspecified atom stereocenters. The van der Waals surface area contributed by atoms with E-state index in [0.717, 1.165) is 64.1 Å². The van der Waals surface area contributed by atoms with E-state index in [1.165, 1.54) is 5.57 Å². The van der Waals surface area contributed by atoms with Crippen LogP contribution in [0.15, 0.2) is 85.0 Å². The van der Waals surface area contributed by atoms with Gasteiger partial charge in [0.15, 0.2) is 11.6 Å². The van der Waals surface area contributed by atoms with Gasteiger partial charge < -0.3 is 9.97 Å². The van der Waals surface area contributed by atoms with Gasteiger partial charge in [0.1, 0.15) is 11.6 Å². The summed E-state index contributed by atoms with van der Waals surface area (Å²) in [5.74, 6) is 3.07. The largest absolute Gasteiger partial charge is 0.341 e. The lowest BCUT2D eigenvalue weighted by molar-refractivity contribution is 0.722. The molecule has 38 heavy (non-hydrogen) atoms. The van der Waals surface area contributed by atoms with Crippen LogP contribution in [0.1, 0.15) is 50.7 Å². The van der Waals surface area contributed by atoms with Crippen molar-refractivity contribution in [3.05, 3.63) is 96.6 Å². The Labute approximate surface area is 220 Å². The molecule has 6 aromatic rings. The summed E-state index contributed by atoms with van der Waals surface area (Å²) in [7, 11) is 0. The third kappa shape index (κ3) is 4.68. The van der Waals surface area contributed by atoms with E-state index < -0.39 is 0 Å². The molecule has 0 radical (unpaired) electrons. The summed E-state index contributed by atoms with van der Waals surface area (Å²) in [5.41, 5.74) is 7.02. The standard InChI is InChI=1S/C30H28N8/c1-3-19(4-2)7-10-22(29-35-23-11-8-20(17-25(23)37-29)27-31-13-5-14-32-27)30-36-24-12-9-21(18-26(24)38-30)28-33-15-6-16-34-28/h5-9,11-18,22H,3-4,10H2,1-2H3,(H,35,37)(H,36,38). The van der Waals surface area contributed by atoms with E-state index in [4.69, 9.17) is 9.97 Å². The average molecular weight is 501 g/mol. The van der Waals surface area contributed by atoms with Gasteiger partial charge in [-0.25, -0.2) is 29.9 Å². The number of benzene rings is 2. The van der Waals surface area contributed by atoms with Crippen molar-refractivity contribution in [3.63, 3.8) is 0 Å². The van der Waals surface area contributed by atoms with Gasteiger partial charge >= 0.3 is 0 Å². The summed E-state index contributed by atoms with van der Waals surface area (Å²) in [4.78, 5) is 34.7. The number of rotatable bonds is 8. The zero-order valence-electron chi connectivity index (χ0n) is 21.4. The van der Waals surface area contributed by atoms with Crippen molar-refractivity contribution in [2.45, 2.75) is 39.0 Å². The molecule has 0 amide bonds. The van der Waals surface area contributed by atoms with E-state index in [0.29, 0.717) is 11.6 Å². The van der Waals surface area contributed by atoms with Crippen LogP contribution in [0.3, 0.4) is 0 Å². The molecule has 0 aliphatic rings. The highest BCUT2D eigenvalue weighted by molar-refractivity contribution is 5.82. The molecule has 188 valence electrons. The average Bonchev–Trinajstić information content (AvgIpc) is 3.59. The third-order valence-corrected chi connectivity index (χ3v) is 6.86. The number of allylic oxidation sites excluding steroid dienone is 2. The molecular weight excluding hydrogens is 472 g/mol. The SMILES string of the molecule is CCC(=CCC(c1nc2ccc(-c3ncccn3)cc2[nH]1)c1nc2ccc(-c3ncccn3)cc2[nH]1)CC. The number of imidazole rings is 2. The minimum atomic E-state index is -0.0595. The van der Waals surface area contributed by atoms with Crippen molar-refractivity contribution in [1.82, 2.24) is 39.9 Å². The Hall–Kier alpha value is -4.72. The van der Waals surface area contributed by atoms with Crippen molar-refractivity contribution in [2.75, 3.05) is 0 Å². The first-order chi connectivity index (χ1) is 18.7. The van der Waals surface area contributed by atoms with Crippen LogP contribution in [0.4, 0.5) is 0 Å². The maximum Gasteiger partial charge on any atom is 0.159 e. The fourth-order valence-corrected chi connectivity index (χ4v) is 4.74. The number of fused-ring (bicyclic) bond motifs is 2. The Morgan fingerprint density at radius 1 is 0.711 bits per heavy atom. The lowest BCUT2D eigenvalue weighted by Crippen LogP contribution is -2.05. The quantitative estimate of drug-likeness (QED) is 0.227. The van der Waals surface area contributed by atoms with Gasteiger partial charge in [-0.15, -0.1) is 0 Å². The summed E-state index contributed by atoms with van der Waals surface area (Å²) < 4.78 is 0. The van der Waals surface area contributed by atoms with Crippen LogP contribution in [-0.2, 0) is 0 Å². The minimum absolute atomic E-state index is 0.0595. The second-order valence-corrected chi connectivity index (χ2v) is 9.21. The summed E-state index contributed by atoms with van der Waals surface area (Å²) >= 11 is 0. The van der Waals surface area contributed by atoms with E-state index in [1.54, 1.807) is 24.8 Å². The third-order valence-electron chi connectivity index (χ3n) is 6.86. The molecule has 0 aliphatic carbocycles. The van der Waals surface area contributed by atoms with Crippen molar-refractivity contribution in [3.8, 4) is 22.8 Å². The second-order valence-electron chi connectivity index (χ2n) is 9.21. The minimum Gasteiger partial charge on any atom is -0.341 e. The smallest absolute Gasteiger partial charge is 0.159 e. The zero-order valence-corrected chi connectivity index (χ0v) is 21.4. The van der Waals surface area contributed by atoms with E-state index in [9.17, 15) is 0 Å². The molecule has 0 bridgehead atoms. The van der Waals surface area contributed by atoms with E-state index >= 15 is 0 Å². The number of nitrogens with one attached hydrogen (secondary N) is 2. The summed E-state index contributed by atoms with van der Waals surface area (Å²) in [6, 6.07) is 15.8. The number of aromatic amines is 2. The molecule has 0 spiro atoms. The fraction of sp³-hybridized carbons (Fsp3) is 0.200. The predicted molar refractivity (Wildman–Crippen MR) is 149 cm³/mol. The number of nitrogens with zero attached hydrogens (tertiary/aromatic N) is 6. The highest BCUT2D eigenvalue weighted by Gasteiger charge is 2.22. The first kappa shape index (κ1) is 23.7. The van der Waals surface area contributed by atoms with Gasteiger partial charge in [0.05, 0.1) is 28.0 Å². The van der Waals surface area contributed by atoms with Crippen LogP contribution in [0.25, 0.3) is 44.8 Å². The fourth-order valence-electron chi connectivity index (χ4n) is 4.74. The lowest BCUT2D eigenvalue weighted by atomic mass is 10.00. The molecular formula is C30H28N8. The van der Waals surface area contributed by atoms with Crippen LogP contribution in [0.2, 0.25) is 0 Å². The highest BCUT2D eigenvalue weighted by Crippen LogP contribution is 2.31. The molecule has 4 aromatic heterocycles. The number of hydrogen-bond acceptors (Lipinski definition) is 6. The maximum absolute atomic E-state index is 4.98. The molecule has 0 atom stereocenters. The monoisotopic (exact) mass is 500 g/mol. The highest BCUT2D eigenvalue weighted by atomic mass is 15.0. The predicted octanol–water partition coefficient (Wildman–Crippen LogP) is 6.62. The molecule has 8 nitrogen and oxygen atoms in total. The number of hydrogen-bond donors (Lipinski definition) is 2. The van der Waals surface area contributed by atoms with E-state index in [1.807, 2.05) is 36.4 Å². The molecule has 2 N–H and O–H groups in total. The summed E-state index contributed by atoms with van der Waals surface area (Å²) in [5, 5.41) is 0. The van der Waals surface area contributed by atoms with Gasteiger partial charge in [-0.05, 0) is 67.8 Å². The van der Waals surface area contributed by atoms with Gasteiger partial charge in [-0.2, -0.15) is 0 Å². The molecule has 0 saturated heterocycles. The molecule has 0 aliphatic heterocycles. The van der Waals surface area contributed by atoms with Crippen molar-refractivity contribution >= 4 is 22.1 Å². The van der Waals surface area contributed by atoms with Gasteiger partial charge in [0.2, 0.25) is 0 Å². The van der Waals surface area contributed by atoms with E-state index in [-0.39, 0.29) is 5.92 Å². The van der Waals surface area contributed by atoms with Crippen LogP contribution >= 0.6 is 0 Å². The lowest BCUT2D eigenvalue weighted by Gasteiger charge is -2.11. The van der Waals surface area contributed by atoms with Crippen LogP contribution < -0.4 is 0 Å². The summed E-state index contributed by atoms with van der Waals surface area (Å²) in [6.45, 7) is 4.40. The van der Waals surface area contributed by atoms with Crippen molar-refractivity contribution < 1.29 is 0 Å². The Morgan fingerprint density at radius 3 is 1.63 bits per heavy atom. The normalized spacial score (nSPS) is 11.4. The second kappa shape index (κ2) is 10.3. The number of aromatic nitrogens is 8.